The van der Waals surface area contributed by atoms with Crippen molar-refractivity contribution in [2.24, 2.45) is 0 Å². The van der Waals surface area contributed by atoms with Gasteiger partial charge < -0.3 is 15.1 Å². The van der Waals surface area contributed by atoms with E-state index in [4.69, 9.17) is 0 Å². The summed E-state index contributed by atoms with van der Waals surface area (Å²) in [6.07, 6.45) is 1.21. The molecule has 0 amide bonds. The largest absolute Gasteiger partial charge is 0.458 e. The van der Waals surface area contributed by atoms with Crippen LogP contribution >= 0.6 is 0 Å². The predicted molar refractivity (Wildman–Crippen MR) is 49.2 cm³/mol. The van der Waals surface area contributed by atoms with Gasteiger partial charge in [-0.15, -0.1) is 0 Å². The highest BCUT2D eigenvalue weighted by atomic mass is 15.3. The molecule has 2 rings (SSSR count). The molecule has 70 valence electrons. The highest BCUT2D eigenvalue weighted by Crippen LogP contribution is 2.23. The molecule has 2 saturated heterocycles. The molecule has 1 N–H and O–H groups in total. The summed E-state index contributed by atoms with van der Waals surface area (Å²) in [5.74, 6) is 0. The van der Waals surface area contributed by atoms with Crippen LogP contribution in [0.4, 0.5) is 0 Å². The van der Waals surface area contributed by atoms with E-state index < -0.39 is 0 Å². The van der Waals surface area contributed by atoms with Crippen LogP contribution in [0.15, 0.2) is 0 Å². The van der Waals surface area contributed by atoms with Gasteiger partial charge in [0, 0.05) is 12.1 Å². The Bertz CT molecular complexity index is 167. The number of likely N-dealkylation sites (tertiary alicyclic amines) is 1. The summed E-state index contributed by atoms with van der Waals surface area (Å²) < 4.78 is 0. The Morgan fingerprint density at radius 2 is 1.75 bits per heavy atom. The molecule has 3 heteroatoms. The molecular weight excluding hydrogens is 150 g/mol. The maximum absolute atomic E-state index is 4.00. The molecule has 0 radical (unpaired) electrons. The normalized spacial score (nSPS) is 39.5. The van der Waals surface area contributed by atoms with Crippen LogP contribution in [0.3, 0.4) is 0 Å². The third-order valence-electron chi connectivity index (χ3n) is 2.89. The minimum Gasteiger partial charge on any atom is -0.458 e. The Morgan fingerprint density at radius 3 is 2.25 bits per heavy atom. The van der Waals surface area contributed by atoms with E-state index in [-0.39, 0.29) is 0 Å². The molecule has 0 bridgehead atoms. The molecule has 1 spiro atoms. The van der Waals surface area contributed by atoms with Gasteiger partial charge in [0.25, 0.3) is 0 Å². The van der Waals surface area contributed by atoms with Gasteiger partial charge in [-0.05, 0) is 32.6 Å². The molecule has 0 aromatic rings. The molecule has 0 aliphatic carbocycles. The first-order valence-electron chi connectivity index (χ1n) is 4.56. The third-order valence-corrected chi connectivity index (χ3v) is 2.89. The van der Waals surface area contributed by atoms with E-state index in [0.717, 1.165) is 32.7 Å². The molecule has 2 aliphatic rings. The molecule has 2 aliphatic heterocycles. The van der Waals surface area contributed by atoms with Gasteiger partial charge in [0.05, 0.1) is 0 Å². The lowest BCUT2D eigenvalue weighted by Crippen LogP contribution is -2.60. The summed E-state index contributed by atoms with van der Waals surface area (Å²) in [7, 11) is 7.96. The van der Waals surface area contributed by atoms with Crippen molar-refractivity contribution in [2.45, 2.75) is 12.0 Å². The number of hydrogen-bond donors (Lipinski definition) is 1. The van der Waals surface area contributed by atoms with Gasteiger partial charge in [-0.2, -0.15) is 0 Å². The molecule has 12 heavy (non-hydrogen) atoms. The first kappa shape index (κ1) is 8.48. The highest BCUT2D eigenvalue weighted by molar-refractivity contribution is 5.01. The van der Waals surface area contributed by atoms with Crippen molar-refractivity contribution in [1.82, 2.24) is 15.1 Å². The fourth-order valence-electron chi connectivity index (χ4n) is 2.27. The predicted octanol–water partition coefficient (Wildman–Crippen LogP) is -0.0807. The minimum atomic E-state index is 0.293. The van der Waals surface area contributed by atoms with Crippen molar-refractivity contribution in [3.8, 4) is 0 Å². The maximum Gasteiger partial charge on any atom is 0.0400 e. The van der Waals surface area contributed by atoms with E-state index in [1.165, 1.54) is 6.42 Å². The Labute approximate surface area is 74.7 Å². The van der Waals surface area contributed by atoms with Crippen molar-refractivity contribution in [3.63, 3.8) is 0 Å². The van der Waals surface area contributed by atoms with E-state index >= 15 is 0 Å². The minimum absolute atomic E-state index is 0.293. The van der Waals surface area contributed by atoms with E-state index in [1.807, 2.05) is 0 Å². The van der Waals surface area contributed by atoms with Crippen LogP contribution in [0.25, 0.3) is 0 Å². The van der Waals surface area contributed by atoms with Gasteiger partial charge in [0.15, 0.2) is 0 Å². The van der Waals surface area contributed by atoms with Crippen LogP contribution in [0.2, 0.25) is 0 Å². The number of piperazine rings is 1. The molecule has 0 saturated carbocycles. The van der Waals surface area contributed by atoms with Crippen molar-refractivity contribution < 1.29 is 0 Å². The number of rotatable bonds is 0. The van der Waals surface area contributed by atoms with Crippen LogP contribution in [-0.4, -0.2) is 48.1 Å². The number of nitrogens with one attached hydrogen (secondary N) is 1. The van der Waals surface area contributed by atoms with E-state index in [0.29, 0.717) is 5.54 Å². The molecule has 0 aromatic carbocycles. The van der Waals surface area contributed by atoms with E-state index in [2.05, 4.69) is 29.2 Å². The summed E-state index contributed by atoms with van der Waals surface area (Å²) in [5.41, 5.74) is 0.293. The molecule has 2 fully saturated rings. The van der Waals surface area contributed by atoms with Crippen molar-refractivity contribution in [2.75, 3.05) is 32.7 Å². The van der Waals surface area contributed by atoms with Crippen LogP contribution in [0.5, 0.6) is 0 Å². The van der Waals surface area contributed by atoms with Gasteiger partial charge in [0.1, 0.15) is 0 Å². The summed E-state index contributed by atoms with van der Waals surface area (Å²) in [6, 6.07) is 0. The zero-order chi connectivity index (χ0) is 8.60. The SMILES string of the molecule is [CH2-]N1CCNC2(CCN([CH2-])C2)C1. The Balaban J connectivity index is 2.00. The van der Waals surface area contributed by atoms with Gasteiger partial charge in [-0.1, -0.05) is 0 Å². The number of nitrogens with zero attached hydrogens (tertiary/aromatic N) is 2. The average molecular weight is 167 g/mol. The van der Waals surface area contributed by atoms with Gasteiger partial charge >= 0.3 is 0 Å². The van der Waals surface area contributed by atoms with Crippen LogP contribution in [0.1, 0.15) is 6.42 Å². The van der Waals surface area contributed by atoms with E-state index in [9.17, 15) is 0 Å². The van der Waals surface area contributed by atoms with Crippen molar-refractivity contribution in [1.29, 1.82) is 0 Å². The monoisotopic (exact) mass is 167 g/mol. The summed E-state index contributed by atoms with van der Waals surface area (Å²) in [6.45, 7) is 5.38. The molecule has 1 atom stereocenters. The van der Waals surface area contributed by atoms with Gasteiger partial charge in [-0.3, -0.25) is 14.1 Å². The summed E-state index contributed by atoms with van der Waals surface area (Å²) in [4.78, 5) is 4.31. The van der Waals surface area contributed by atoms with Crippen LogP contribution in [0, 0.1) is 14.1 Å². The second-order valence-corrected chi connectivity index (χ2v) is 4.06. The molecule has 0 aromatic heterocycles. The van der Waals surface area contributed by atoms with E-state index in [1.54, 1.807) is 0 Å². The topological polar surface area (TPSA) is 18.5 Å². The standard InChI is InChI=1S/C9H17N3/c1-11-5-3-9(7-11)8-12(2)6-4-10-9/h10H,1-8H2/q-2. The lowest BCUT2D eigenvalue weighted by molar-refractivity contribution is 0.178. The lowest BCUT2D eigenvalue weighted by atomic mass is 9.96. The summed E-state index contributed by atoms with van der Waals surface area (Å²) in [5, 5.41) is 3.59. The second-order valence-electron chi connectivity index (χ2n) is 4.06. The van der Waals surface area contributed by atoms with Crippen LogP contribution in [-0.2, 0) is 0 Å². The Morgan fingerprint density at radius 1 is 1.08 bits per heavy atom. The zero-order valence-electron chi connectivity index (χ0n) is 7.55. The average Bonchev–Trinajstić information content (AvgIpc) is 2.32. The zero-order valence-corrected chi connectivity index (χ0v) is 7.55. The lowest BCUT2D eigenvalue weighted by Gasteiger charge is -2.44. The smallest absolute Gasteiger partial charge is 0.0400 e. The molecule has 3 nitrogen and oxygen atoms in total. The first-order chi connectivity index (χ1) is 5.70. The molecule has 1 unspecified atom stereocenters. The molecular formula is C9H17N3-2. The Hall–Kier alpha value is -0.120. The first-order valence-corrected chi connectivity index (χ1v) is 4.56. The van der Waals surface area contributed by atoms with Gasteiger partial charge in [-0.25, -0.2) is 0 Å². The maximum atomic E-state index is 4.00. The van der Waals surface area contributed by atoms with Crippen molar-refractivity contribution in [3.05, 3.63) is 14.1 Å². The van der Waals surface area contributed by atoms with Gasteiger partial charge in [0.2, 0.25) is 0 Å². The molecule has 2 heterocycles. The summed E-state index contributed by atoms with van der Waals surface area (Å²) >= 11 is 0. The fraction of sp³-hybridized carbons (Fsp3) is 0.778. The number of hydrogen-bond acceptors (Lipinski definition) is 3. The third kappa shape index (κ3) is 1.49. The fourth-order valence-corrected chi connectivity index (χ4v) is 2.27. The van der Waals surface area contributed by atoms with Crippen molar-refractivity contribution >= 4 is 0 Å². The highest BCUT2D eigenvalue weighted by Gasteiger charge is 2.35. The van der Waals surface area contributed by atoms with Crippen LogP contribution < -0.4 is 5.32 Å². The second kappa shape index (κ2) is 2.98. The Kier molecular flexibility index (Phi) is 2.10. The quantitative estimate of drug-likeness (QED) is 0.509.